The molecule has 0 spiro atoms. The van der Waals surface area contributed by atoms with Crippen LogP contribution in [0.3, 0.4) is 0 Å². The topological polar surface area (TPSA) is 0 Å². The van der Waals surface area contributed by atoms with E-state index >= 15 is 0 Å². The molecule has 0 nitrogen and oxygen atoms in total. The number of rotatable bonds is 0. The van der Waals surface area contributed by atoms with Gasteiger partial charge in [-0.25, -0.2) is 0 Å². The molecule has 0 fully saturated rings. The molecule has 0 N–H and O–H groups in total. The van der Waals surface area contributed by atoms with E-state index in [0.29, 0.717) is 0 Å². The summed E-state index contributed by atoms with van der Waals surface area (Å²) in [5.74, 6) is 0. The number of hydrogen-bond acceptors (Lipinski definition) is 0. The van der Waals surface area contributed by atoms with E-state index in [1.807, 2.05) is 18.2 Å². The number of benzene rings is 1. The quantitative estimate of drug-likeness (QED) is 0.480. The summed E-state index contributed by atoms with van der Waals surface area (Å²) >= 11 is 4.25. The summed E-state index contributed by atoms with van der Waals surface area (Å²) in [5.41, 5.74) is 1.27. The summed E-state index contributed by atoms with van der Waals surface area (Å²) in [5, 5.41) is 0. The van der Waals surface area contributed by atoms with E-state index in [4.69, 9.17) is 0 Å². The van der Waals surface area contributed by atoms with Gasteiger partial charge in [0.25, 0.3) is 0 Å². The molecule has 0 aliphatic rings. The minimum atomic E-state index is 1.19. The second-order valence-electron chi connectivity index (χ2n) is 1.58. The number of hydrogen-bond donors (Lipinski definition) is 0. The molecule has 0 atom stereocenters. The van der Waals surface area contributed by atoms with Gasteiger partial charge in [0.15, 0.2) is 0 Å². The van der Waals surface area contributed by atoms with E-state index in [1.165, 1.54) is 21.9 Å². The zero-order valence-corrected chi connectivity index (χ0v) is 9.95. The molecule has 0 bridgehead atoms. The Morgan fingerprint density at radius 1 is 1.56 bits per heavy atom. The van der Waals surface area contributed by atoms with Gasteiger partial charge in [0.1, 0.15) is 0 Å². The molecule has 9 heavy (non-hydrogen) atoms. The van der Waals surface area contributed by atoms with Crippen LogP contribution in [0.1, 0.15) is 5.56 Å². The molecule has 0 amide bonds. The Labute approximate surface area is 72.7 Å². The van der Waals surface area contributed by atoms with Gasteiger partial charge in [-0.2, -0.15) is 35.9 Å². The summed E-state index contributed by atoms with van der Waals surface area (Å²) in [6.45, 7) is 2.05. The standard InChI is InChI=1S/C7H7.BrH.Zn/c1-7-5-3-2-4-6-7;;/h2-3,5-6H,1H3;1H;/q-1;;+2/p-1. The van der Waals surface area contributed by atoms with Crippen molar-refractivity contribution in [2.45, 2.75) is 6.92 Å². The van der Waals surface area contributed by atoms with E-state index in [1.54, 1.807) is 0 Å². The fourth-order valence-corrected chi connectivity index (χ4v) is 0.483. The van der Waals surface area contributed by atoms with Crippen LogP contribution in [0.25, 0.3) is 0 Å². The Morgan fingerprint density at radius 2 is 2.22 bits per heavy atom. The van der Waals surface area contributed by atoms with Gasteiger partial charge >= 0.3 is 30.0 Å². The van der Waals surface area contributed by atoms with Crippen LogP contribution in [0.2, 0.25) is 0 Å². The fourth-order valence-electron chi connectivity index (χ4n) is 0.483. The van der Waals surface area contributed by atoms with Crippen LogP contribution in [0.5, 0.6) is 0 Å². The van der Waals surface area contributed by atoms with E-state index in [2.05, 4.69) is 32.7 Å². The zero-order chi connectivity index (χ0) is 7.11. The summed E-state index contributed by atoms with van der Waals surface area (Å²) in [6.07, 6.45) is 0. The Hall–Kier alpha value is 0.323. The molecule has 0 heterocycles. The summed E-state index contributed by atoms with van der Waals surface area (Å²) < 4.78 is 0. The first-order valence-electron chi connectivity index (χ1n) is 2.59. The van der Waals surface area contributed by atoms with Gasteiger partial charge in [-0.1, -0.05) is 6.92 Å². The number of aryl methyl sites for hydroxylation is 1. The molecule has 2 heteroatoms. The van der Waals surface area contributed by atoms with Crippen molar-refractivity contribution < 1.29 is 16.3 Å². The molecular formula is C7H7BrZn. The van der Waals surface area contributed by atoms with E-state index in [9.17, 15) is 0 Å². The average molecular weight is 236 g/mol. The second kappa shape index (κ2) is 6.44. The zero-order valence-electron chi connectivity index (χ0n) is 5.39. The van der Waals surface area contributed by atoms with Crippen LogP contribution in [-0.4, -0.2) is 0 Å². The summed E-state index contributed by atoms with van der Waals surface area (Å²) in [7, 11) is 0. The van der Waals surface area contributed by atoms with Crippen LogP contribution in [0.15, 0.2) is 24.3 Å². The van der Waals surface area contributed by atoms with Crippen LogP contribution >= 0.6 is 13.6 Å². The Bertz CT molecular complexity index is 139. The predicted molar refractivity (Wildman–Crippen MR) is 38.9 cm³/mol. The maximum atomic E-state index is 3.06. The fraction of sp³-hybridized carbons (Fsp3) is 0.143. The second-order valence-corrected chi connectivity index (χ2v) is 1.58. The van der Waals surface area contributed by atoms with Crippen molar-refractivity contribution in [3.05, 3.63) is 35.9 Å². The molecule has 0 radical (unpaired) electrons. The molecule has 44 valence electrons. The van der Waals surface area contributed by atoms with Crippen LogP contribution in [0.4, 0.5) is 0 Å². The van der Waals surface area contributed by atoms with Crippen molar-refractivity contribution in [3.8, 4) is 0 Å². The Kier molecular flexibility index (Phi) is 6.68. The van der Waals surface area contributed by atoms with Gasteiger partial charge in [-0.15, -0.1) is 0 Å². The van der Waals surface area contributed by atoms with E-state index in [-0.39, 0.29) is 0 Å². The third-order valence-electron chi connectivity index (χ3n) is 0.863. The molecule has 1 aromatic rings. The van der Waals surface area contributed by atoms with Crippen LogP contribution in [-0.2, 0) is 16.3 Å². The van der Waals surface area contributed by atoms with Gasteiger partial charge < -0.3 is 0 Å². The molecule has 0 unspecified atom stereocenters. The monoisotopic (exact) mass is 234 g/mol. The van der Waals surface area contributed by atoms with Crippen molar-refractivity contribution in [1.29, 1.82) is 0 Å². The van der Waals surface area contributed by atoms with Gasteiger partial charge in [-0.05, 0) is 0 Å². The van der Waals surface area contributed by atoms with Crippen molar-refractivity contribution >= 4 is 13.6 Å². The van der Waals surface area contributed by atoms with Crippen molar-refractivity contribution in [2.24, 2.45) is 0 Å². The van der Waals surface area contributed by atoms with Crippen molar-refractivity contribution in [1.82, 2.24) is 0 Å². The van der Waals surface area contributed by atoms with E-state index in [0.717, 1.165) is 0 Å². The normalized spacial score (nSPS) is 7.56. The summed E-state index contributed by atoms with van der Waals surface area (Å²) in [6, 6.07) is 10.8. The maximum absolute atomic E-state index is 3.06. The van der Waals surface area contributed by atoms with E-state index < -0.39 is 0 Å². The van der Waals surface area contributed by atoms with Crippen molar-refractivity contribution in [3.63, 3.8) is 0 Å². The molecule has 0 saturated heterocycles. The van der Waals surface area contributed by atoms with Gasteiger partial charge in [-0.3, -0.25) is 0 Å². The summed E-state index contributed by atoms with van der Waals surface area (Å²) in [4.78, 5) is 0. The van der Waals surface area contributed by atoms with Gasteiger partial charge in [0.2, 0.25) is 0 Å². The predicted octanol–water partition coefficient (Wildman–Crippen LogP) is 2.64. The molecule has 1 aromatic carbocycles. The minimum absolute atomic E-state index is 1.19. The molecule has 0 aromatic heterocycles. The molecule has 1 rings (SSSR count). The third-order valence-corrected chi connectivity index (χ3v) is 0.863. The first kappa shape index (κ1) is 9.32. The third kappa shape index (κ3) is 4.80. The first-order chi connectivity index (χ1) is 4.39. The Balaban J connectivity index is 0.000000291. The average Bonchev–Trinajstić information content (AvgIpc) is 1.94. The molecule has 0 aliphatic heterocycles. The van der Waals surface area contributed by atoms with Gasteiger partial charge in [0.05, 0.1) is 0 Å². The van der Waals surface area contributed by atoms with Gasteiger partial charge in [0, 0.05) is 0 Å². The molecular weight excluding hydrogens is 229 g/mol. The molecule has 0 aliphatic carbocycles. The first-order valence-corrected chi connectivity index (χ1v) is 9.54. The number of halogens is 1. The van der Waals surface area contributed by atoms with Crippen molar-refractivity contribution in [2.75, 3.05) is 0 Å². The van der Waals surface area contributed by atoms with Crippen LogP contribution < -0.4 is 0 Å². The SMILES string of the molecule is Cc1c[c-]ccc1.[Zn+][Br]. The van der Waals surface area contributed by atoms with Crippen LogP contribution in [0, 0.1) is 13.0 Å². The molecule has 0 saturated carbocycles. The Morgan fingerprint density at radius 3 is 2.44 bits per heavy atom.